The summed E-state index contributed by atoms with van der Waals surface area (Å²) in [6, 6.07) is 6.07. The highest BCUT2D eigenvalue weighted by molar-refractivity contribution is 6.34. The number of benzene rings is 1. The number of amides is 1. The number of ether oxygens (including phenoxy) is 2. The Labute approximate surface area is 159 Å². The molecule has 0 spiro atoms. The van der Waals surface area contributed by atoms with E-state index in [1.807, 2.05) is 0 Å². The van der Waals surface area contributed by atoms with E-state index in [-0.39, 0.29) is 15.9 Å². The zero-order valence-electron chi connectivity index (χ0n) is 13.2. The number of anilines is 1. The summed E-state index contributed by atoms with van der Waals surface area (Å²) in [5.74, 6) is -1.04. The fraction of sp³-hybridized carbons (Fsp3) is 0.188. The van der Waals surface area contributed by atoms with Crippen LogP contribution in [0.3, 0.4) is 0 Å². The number of carbonyl (C=O) groups excluding carboxylic acids is 2. The quantitative estimate of drug-likeness (QED) is 0.599. The van der Waals surface area contributed by atoms with E-state index < -0.39 is 18.5 Å². The van der Waals surface area contributed by atoms with E-state index in [0.717, 1.165) is 5.56 Å². The Hall–Kier alpha value is -2.02. The van der Waals surface area contributed by atoms with Gasteiger partial charge in [-0.2, -0.15) is 0 Å². The maximum atomic E-state index is 12.0. The van der Waals surface area contributed by atoms with Gasteiger partial charge in [-0.25, -0.2) is 9.78 Å². The lowest BCUT2D eigenvalue weighted by atomic mass is 10.2. The lowest BCUT2D eigenvalue weighted by Gasteiger charge is -2.12. The average Bonchev–Trinajstić information content (AvgIpc) is 2.57. The Kier molecular flexibility index (Phi) is 6.47. The summed E-state index contributed by atoms with van der Waals surface area (Å²) < 4.78 is 10.1. The number of aryl methyl sites for hydroxylation is 1. The lowest BCUT2D eigenvalue weighted by Crippen LogP contribution is -2.22. The van der Waals surface area contributed by atoms with Crippen LogP contribution in [0.5, 0.6) is 5.75 Å². The van der Waals surface area contributed by atoms with E-state index in [9.17, 15) is 9.59 Å². The molecule has 9 heteroatoms. The molecule has 1 heterocycles. The molecular weight excluding hydrogens is 391 g/mol. The van der Waals surface area contributed by atoms with E-state index in [4.69, 9.17) is 44.3 Å². The van der Waals surface area contributed by atoms with Crippen LogP contribution in [-0.4, -0.2) is 30.6 Å². The van der Waals surface area contributed by atoms with Crippen LogP contribution in [0.25, 0.3) is 0 Å². The summed E-state index contributed by atoms with van der Waals surface area (Å²) in [6.45, 7) is 1.25. The largest absolute Gasteiger partial charge is 0.495 e. The Morgan fingerprint density at radius 2 is 1.88 bits per heavy atom. The van der Waals surface area contributed by atoms with Gasteiger partial charge < -0.3 is 14.8 Å². The molecule has 1 aromatic heterocycles. The van der Waals surface area contributed by atoms with Crippen LogP contribution >= 0.6 is 34.8 Å². The first-order valence-electron chi connectivity index (χ1n) is 6.95. The monoisotopic (exact) mass is 402 g/mol. The van der Waals surface area contributed by atoms with Crippen LogP contribution in [0.15, 0.2) is 24.3 Å². The minimum Gasteiger partial charge on any atom is -0.495 e. The second-order valence-corrected chi connectivity index (χ2v) is 6.09. The number of esters is 1. The Morgan fingerprint density at radius 1 is 1.16 bits per heavy atom. The maximum Gasteiger partial charge on any atom is 0.359 e. The smallest absolute Gasteiger partial charge is 0.359 e. The highest BCUT2D eigenvalue weighted by Gasteiger charge is 2.17. The number of pyridine rings is 1. The summed E-state index contributed by atoms with van der Waals surface area (Å²) in [7, 11) is 1.45. The van der Waals surface area contributed by atoms with Crippen molar-refractivity contribution in [3.05, 3.63) is 50.7 Å². The predicted molar refractivity (Wildman–Crippen MR) is 95.9 cm³/mol. The van der Waals surface area contributed by atoms with Crippen molar-refractivity contribution in [3.8, 4) is 5.75 Å². The van der Waals surface area contributed by atoms with Gasteiger partial charge in [0.15, 0.2) is 12.3 Å². The zero-order chi connectivity index (χ0) is 18.6. The third kappa shape index (κ3) is 4.98. The minimum absolute atomic E-state index is 0.0739. The molecule has 0 aliphatic heterocycles. The van der Waals surface area contributed by atoms with Gasteiger partial charge in [0.25, 0.3) is 5.91 Å². The fourth-order valence-electron chi connectivity index (χ4n) is 1.88. The van der Waals surface area contributed by atoms with Gasteiger partial charge >= 0.3 is 5.97 Å². The predicted octanol–water partition coefficient (Wildman–Crippen LogP) is 4.15. The number of aromatic nitrogens is 1. The number of nitrogens with one attached hydrogen (secondary N) is 1. The van der Waals surface area contributed by atoms with Crippen LogP contribution in [0.4, 0.5) is 5.69 Å². The fourth-order valence-corrected chi connectivity index (χ4v) is 2.36. The average molecular weight is 404 g/mol. The molecule has 132 valence electrons. The molecule has 0 aliphatic rings. The third-order valence-corrected chi connectivity index (χ3v) is 4.02. The first kappa shape index (κ1) is 19.3. The Bertz CT molecular complexity index is 827. The van der Waals surface area contributed by atoms with Crippen molar-refractivity contribution in [1.29, 1.82) is 0 Å². The number of hydrogen-bond acceptors (Lipinski definition) is 5. The van der Waals surface area contributed by atoms with E-state index >= 15 is 0 Å². The first-order chi connectivity index (χ1) is 11.8. The molecule has 0 fully saturated rings. The van der Waals surface area contributed by atoms with Crippen LogP contribution < -0.4 is 10.1 Å². The van der Waals surface area contributed by atoms with E-state index in [2.05, 4.69) is 10.3 Å². The molecule has 1 aromatic carbocycles. The van der Waals surface area contributed by atoms with Crippen LogP contribution in [0, 0.1) is 6.92 Å². The molecule has 25 heavy (non-hydrogen) atoms. The molecule has 0 aliphatic carbocycles. The molecule has 1 amide bonds. The van der Waals surface area contributed by atoms with Crippen molar-refractivity contribution in [3.63, 3.8) is 0 Å². The van der Waals surface area contributed by atoms with E-state index in [1.165, 1.54) is 19.2 Å². The Morgan fingerprint density at radius 3 is 2.56 bits per heavy atom. The molecule has 0 saturated heterocycles. The molecule has 0 atom stereocenters. The van der Waals surface area contributed by atoms with E-state index in [1.54, 1.807) is 19.1 Å². The second kappa shape index (κ2) is 8.38. The zero-order valence-corrected chi connectivity index (χ0v) is 15.5. The molecule has 2 rings (SSSR count). The lowest BCUT2D eigenvalue weighted by molar-refractivity contribution is -0.119. The summed E-state index contributed by atoms with van der Waals surface area (Å²) in [5, 5.41) is 3.25. The van der Waals surface area contributed by atoms with Gasteiger partial charge in [0.1, 0.15) is 10.9 Å². The van der Waals surface area contributed by atoms with Crippen LogP contribution in [0.2, 0.25) is 15.2 Å². The van der Waals surface area contributed by atoms with Gasteiger partial charge in [-0.1, -0.05) is 34.8 Å². The summed E-state index contributed by atoms with van der Waals surface area (Å²) >= 11 is 17.6. The summed E-state index contributed by atoms with van der Waals surface area (Å²) in [5.41, 5.74) is 0.996. The standard InChI is InChI=1S/C16H13Cl3N2O4/c1-8-5-11(12(24-2)6-10(8)18)20-14(22)7-25-16(23)15-9(17)3-4-13(19)21-15/h3-6H,7H2,1-2H3,(H,20,22). The number of carbonyl (C=O) groups is 2. The second-order valence-electron chi connectivity index (χ2n) is 4.89. The van der Waals surface area contributed by atoms with Crippen molar-refractivity contribution in [2.45, 2.75) is 6.92 Å². The normalized spacial score (nSPS) is 10.3. The van der Waals surface area contributed by atoms with Crippen LogP contribution in [-0.2, 0) is 9.53 Å². The molecule has 1 N–H and O–H groups in total. The van der Waals surface area contributed by atoms with Gasteiger partial charge in [-0.05, 0) is 30.7 Å². The molecular formula is C16H13Cl3N2O4. The molecule has 0 saturated carbocycles. The number of hydrogen-bond donors (Lipinski definition) is 1. The highest BCUT2D eigenvalue weighted by Crippen LogP contribution is 2.30. The minimum atomic E-state index is -0.859. The number of methoxy groups -OCH3 is 1. The number of halogens is 3. The molecule has 0 unspecified atom stereocenters. The van der Waals surface area contributed by atoms with Gasteiger partial charge in [-0.3, -0.25) is 4.79 Å². The van der Waals surface area contributed by atoms with E-state index in [0.29, 0.717) is 16.5 Å². The molecule has 2 aromatic rings. The van der Waals surface area contributed by atoms with Gasteiger partial charge in [0, 0.05) is 11.1 Å². The number of nitrogens with zero attached hydrogens (tertiary/aromatic N) is 1. The van der Waals surface area contributed by atoms with Crippen LogP contribution in [0.1, 0.15) is 16.1 Å². The SMILES string of the molecule is COc1cc(Cl)c(C)cc1NC(=O)COC(=O)c1nc(Cl)ccc1Cl. The highest BCUT2D eigenvalue weighted by atomic mass is 35.5. The van der Waals surface area contributed by atoms with Gasteiger partial charge in [0.05, 0.1) is 17.8 Å². The number of rotatable bonds is 5. The Balaban J connectivity index is 2.03. The molecule has 6 nitrogen and oxygen atoms in total. The van der Waals surface area contributed by atoms with Crippen molar-refractivity contribution >= 4 is 52.4 Å². The first-order valence-corrected chi connectivity index (χ1v) is 8.08. The maximum absolute atomic E-state index is 12.0. The van der Waals surface area contributed by atoms with Crippen molar-refractivity contribution < 1.29 is 19.1 Å². The van der Waals surface area contributed by atoms with Gasteiger partial charge in [0.2, 0.25) is 0 Å². The molecule has 0 radical (unpaired) electrons. The topological polar surface area (TPSA) is 77.5 Å². The summed E-state index contributed by atoms with van der Waals surface area (Å²) in [4.78, 5) is 27.7. The van der Waals surface area contributed by atoms with Crippen molar-refractivity contribution in [2.24, 2.45) is 0 Å². The van der Waals surface area contributed by atoms with Crippen molar-refractivity contribution in [2.75, 3.05) is 19.0 Å². The summed E-state index contributed by atoms with van der Waals surface area (Å²) in [6.07, 6.45) is 0. The third-order valence-electron chi connectivity index (χ3n) is 3.09. The van der Waals surface area contributed by atoms with Crippen molar-refractivity contribution in [1.82, 2.24) is 4.98 Å². The molecule has 0 bridgehead atoms. The van der Waals surface area contributed by atoms with Gasteiger partial charge in [-0.15, -0.1) is 0 Å².